The Morgan fingerprint density at radius 1 is 1.23 bits per heavy atom. The van der Waals surface area contributed by atoms with Crippen molar-refractivity contribution in [1.82, 2.24) is 9.80 Å². The molecule has 1 saturated heterocycles. The summed E-state index contributed by atoms with van der Waals surface area (Å²) in [6, 6.07) is 7.14. The number of hydrogen-bond donors (Lipinski definition) is 1. The number of hydrogen-bond acceptors (Lipinski definition) is 5. The number of nitrogens with two attached hydrogens (primary N) is 1. The van der Waals surface area contributed by atoms with Gasteiger partial charge in [-0.1, -0.05) is 6.07 Å². The maximum Gasteiger partial charge on any atom is 0.0594 e. The molecule has 1 atom stereocenters. The molecule has 2 N–H and O–H groups in total. The molecule has 1 fully saturated rings. The fourth-order valence-electron chi connectivity index (χ4n) is 3.45. The zero-order valence-electron chi connectivity index (χ0n) is 13.8. The van der Waals surface area contributed by atoms with E-state index in [4.69, 9.17) is 10.5 Å². The fraction of sp³-hybridized carbons (Fsp3) is 0.647. The molecule has 0 aliphatic carbocycles. The minimum Gasteiger partial charge on any atom is -0.379 e. The van der Waals surface area contributed by atoms with Crippen molar-refractivity contribution in [1.29, 1.82) is 0 Å². The van der Waals surface area contributed by atoms with Gasteiger partial charge in [0.2, 0.25) is 0 Å². The highest BCUT2D eigenvalue weighted by atomic mass is 16.5. The molecule has 2 heterocycles. The van der Waals surface area contributed by atoms with Gasteiger partial charge >= 0.3 is 0 Å². The highest BCUT2D eigenvalue weighted by Gasteiger charge is 2.29. The average Bonchev–Trinajstić information content (AvgIpc) is 2.90. The van der Waals surface area contributed by atoms with Crippen LogP contribution >= 0.6 is 0 Å². The van der Waals surface area contributed by atoms with Crippen LogP contribution in [-0.4, -0.2) is 69.8 Å². The molecular weight excluding hydrogens is 276 g/mol. The summed E-state index contributed by atoms with van der Waals surface area (Å²) in [5, 5.41) is 0. The molecular formula is C17H28N4O. The molecule has 2 aliphatic heterocycles. The fourth-order valence-corrected chi connectivity index (χ4v) is 3.45. The molecule has 0 aromatic heterocycles. The third-order valence-corrected chi connectivity index (χ3v) is 4.85. The summed E-state index contributed by atoms with van der Waals surface area (Å²) in [5.41, 5.74) is 10.2. The molecule has 5 heteroatoms. The quantitative estimate of drug-likeness (QED) is 0.876. The molecule has 1 unspecified atom stereocenters. The van der Waals surface area contributed by atoms with Crippen molar-refractivity contribution in [3.05, 3.63) is 29.3 Å². The number of nitrogens with zero attached hydrogens (tertiary/aromatic N) is 3. The lowest BCUT2D eigenvalue weighted by Gasteiger charge is -2.30. The molecule has 3 rings (SSSR count). The van der Waals surface area contributed by atoms with E-state index in [9.17, 15) is 0 Å². The van der Waals surface area contributed by atoms with Crippen LogP contribution < -0.4 is 10.6 Å². The van der Waals surface area contributed by atoms with Crippen LogP contribution in [0.5, 0.6) is 0 Å². The molecule has 0 bridgehead atoms. The van der Waals surface area contributed by atoms with Crippen LogP contribution in [0.2, 0.25) is 0 Å². The van der Waals surface area contributed by atoms with Crippen molar-refractivity contribution in [2.45, 2.75) is 12.6 Å². The van der Waals surface area contributed by atoms with Gasteiger partial charge in [-0.3, -0.25) is 9.80 Å². The molecule has 0 spiro atoms. The van der Waals surface area contributed by atoms with E-state index >= 15 is 0 Å². The van der Waals surface area contributed by atoms with E-state index in [-0.39, 0.29) is 0 Å². The van der Waals surface area contributed by atoms with E-state index in [2.05, 4.69) is 47.0 Å². The lowest BCUT2D eigenvalue weighted by molar-refractivity contribution is 0.0314. The maximum absolute atomic E-state index is 6.09. The Hall–Kier alpha value is -1.14. The molecule has 1 aromatic carbocycles. The minimum absolute atomic E-state index is 0.357. The summed E-state index contributed by atoms with van der Waals surface area (Å²) in [7, 11) is 4.18. The summed E-state index contributed by atoms with van der Waals surface area (Å²) in [5.74, 6) is 0. The Kier molecular flexibility index (Phi) is 4.98. The molecule has 2 aliphatic rings. The van der Waals surface area contributed by atoms with Crippen molar-refractivity contribution >= 4 is 5.69 Å². The van der Waals surface area contributed by atoms with Gasteiger partial charge in [0.15, 0.2) is 0 Å². The third kappa shape index (κ3) is 3.27. The number of ether oxygens (including phenoxy) is 1. The van der Waals surface area contributed by atoms with Crippen LogP contribution in [0.25, 0.3) is 0 Å². The SMILES string of the molecule is CN(C)c1ccc2c(c1)C(CN)N(CCN1CCOCC1)C2. The van der Waals surface area contributed by atoms with E-state index in [1.807, 2.05) is 0 Å². The van der Waals surface area contributed by atoms with Crippen LogP contribution in [0.4, 0.5) is 5.69 Å². The lowest BCUT2D eigenvalue weighted by Crippen LogP contribution is -2.41. The van der Waals surface area contributed by atoms with Crippen molar-refractivity contribution in [2.75, 3.05) is 64.9 Å². The van der Waals surface area contributed by atoms with Gasteiger partial charge in [-0.2, -0.15) is 0 Å². The Morgan fingerprint density at radius 3 is 2.68 bits per heavy atom. The van der Waals surface area contributed by atoms with Crippen LogP contribution in [0, 0.1) is 0 Å². The first kappa shape index (κ1) is 15.7. The lowest BCUT2D eigenvalue weighted by atomic mass is 10.0. The number of rotatable bonds is 5. The molecule has 22 heavy (non-hydrogen) atoms. The van der Waals surface area contributed by atoms with Crippen LogP contribution in [0.1, 0.15) is 17.2 Å². The first-order chi connectivity index (χ1) is 10.7. The van der Waals surface area contributed by atoms with Crippen molar-refractivity contribution in [3.8, 4) is 0 Å². The number of benzene rings is 1. The monoisotopic (exact) mass is 304 g/mol. The average molecular weight is 304 g/mol. The predicted molar refractivity (Wildman–Crippen MR) is 90.2 cm³/mol. The van der Waals surface area contributed by atoms with Crippen molar-refractivity contribution < 1.29 is 4.74 Å². The molecule has 0 saturated carbocycles. The minimum atomic E-state index is 0.357. The predicted octanol–water partition coefficient (Wildman–Crippen LogP) is 0.900. The summed E-state index contributed by atoms with van der Waals surface area (Å²) < 4.78 is 5.42. The maximum atomic E-state index is 6.09. The summed E-state index contributed by atoms with van der Waals surface area (Å²) in [6.07, 6.45) is 0. The molecule has 122 valence electrons. The van der Waals surface area contributed by atoms with Gasteiger partial charge in [0.25, 0.3) is 0 Å². The third-order valence-electron chi connectivity index (χ3n) is 4.85. The van der Waals surface area contributed by atoms with Gasteiger partial charge in [-0.05, 0) is 23.3 Å². The first-order valence-electron chi connectivity index (χ1n) is 8.23. The highest BCUT2D eigenvalue weighted by Crippen LogP contribution is 2.35. The summed E-state index contributed by atoms with van der Waals surface area (Å²) in [4.78, 5) is 7.18. The first-order valence-corrected chi connectivity index (χ1v) is 8.23. The standard InChI is InChI=1S/C17H28N4O/c1-19(2)15-4-3-14-13-21(17(12-18)16(14)11-15)6-5-20-7-9-22-10-8-20/h3-4,11,17H,5-10,12-13,18H2,1-2H3. The molecule has 1 aromatic rings. The topological polar surface area (TPSA) is 45.0 Å². The molecule has 0 radical (unpaired) electrons. The van der Waals surface area contributed by atoms with Gasteiger partial charge in [0.1, 0.15) is 0 Å². The summed E-state index contributed by atoms with van der Waals surface area (Å²) in [6.45, 7) is 7.74. The van der Waals surface area contributed by atoms with E-state index in [1.165, 1.54) is 16.8 Å². The number of anilines is 1. The zero-order chi connectivity index (χ0) is 15.5. The zero-order valence-corrected chi connectivity index (χ0v) is 13.8. The number of fused-ring (bicyclic) bond motifs is 1. The van der Waals surface area contributed by atoms with Gasteiger partial charge < -0.3 is 15.4 Å². The molecule has 5 nitrogen and oxygen atoms in total. The van der Waals surface area contributed by atoms with Crippen LogP contribution in [0.3, 0.4) is 0 Å². The van der Waals surface area contributed by atoms with Crippen molar-refractivity contribution in [3.63, 3.8) is 0 Å². The van der Waals surface area contributed by atoms with Gasteiger partial charge in [0, 0.05) is 65.1 Å². The Balaban J connectivity index is 1.66. The van der Waals surface area contributed by atoms with Gasteiger partial charge in [-0.25, -0.2) is 0 Å². The van der Waals surface area contributed by atoms with Crippen LogP contribution in [0.15, 0.2) is 18.2 Å². The summed E-state index contributed by atoms with van der Waals surface area (Å²) >= 11 is 0. The molecule has 0 amide bonds. The van der Waals surface area contributed by atoms with E-state index in [0.29, 0.717) is 12.6 Å². The van der Waals surface area contributed by atoms with E-state index in [0.717, 1.165) is 45.9 Å². The largest absolute Gasteiger partial charge is 0.379 e. The second kappa shape index (κ2) is 6.96. The van der Waals surface area contributed by atoms with Gasteiger partial charge in [0.05, 0.1) is 13.2 Å². The van der Waals surface area contributed by atoms with Crippen molar-refractivity contribution in [2.24, 2.45) is 5.73 Å². The van der Waals surface area contributed by atoms with Gasteiger partial charge in [-0.15, -0.1) is 0 Å². The van der Waals surface area contributed by atoms with E-state index < -0.39 is 0 Å². The second-order valence-electron chi connectivity index (χ2n) is 6.45. The Labute approximate surface area is 133 Å². The van der Waals surface area contributed by atoms with Crippen LogP contribution in [-0.2, 0) is 11.3 Å². The Morgan fingerprint density at radius 2 is 2.00 bits per heavy atom. The number of morpholine rings is 1. The normalized spacial score (nSPS) is 22.8. The van der Waals surface area contributed by atoms with E-state index in [1.54, 1.807) is 0 Å². The Bertz CT molecular complexity index is 499. The second-order valence-corrected chi connectivity index (χ2v) is 6.45. The smallest absolute Gasteiger partial charge is 0.0594 e. The highest BCUT2D eigenvalue weighted by molar-refractivity contribution is 5.52.